The maximum absolute atomic E-state index is 14.2. The molecule has 0 aromatic carbocycles. The van der Waals surface area contributed by atoms with Crippen LogP contribution in [0.3, 0.4) is 0 Å². The SMILES string of the molecule is CC1(Cn2nc(C3(F)CC3)c(C(F)(F)F)c2C(=O)O)CC(F)(F)C1. The van der Waals surface area contributed by atoms with Crippen LogP contribution in [0.5, 0.6) is 0 Å². The summed E-state index contributed by atoms with van der Waals surface area (Å²) in [6.45, 7) is 0.969. The second kappa shape index (κ2) is 4.66. The van der Waals surface area contributed by atoms with Gasteiger partial charge >= 0.3 is 12.1 Å². The molecular formula is C14H14F6N2O2. The van der Waals surface area contributed by atoms with Gasteiger partial charge in [-0.15, -0.1) is 0 Å². The highest BCUT2D eigenvalue weighted by molar-refractivity contribution is 5.88. The molecule has 2 aliphatic rings. The predicted octanol–water partition coefficient (Wildman–Crippen LogP) is 3.99. The van der Waals surface area contributed by atoms with Gasteiger partial charge in [-0.1, -0.05) is 6.92 Å². The van der Waals surface area contributed by atoms with E-state index in [4.69, 9.17) is 5.11 Å². The van der Waals surface area contributed by atoms with Gasteiger partial charge in [-0.05, 0) is 18.3 Å². The fraction of sp³-hybridized carbons (Fsp3) is 0.714. The van der Waals surface area contributed by atoms with Gasteiger partial charge in [0.05, 0.1) is 0 Å². The molecule has 3 rings (SSSR count). The average molecular weight is 356 g/mol. The number of carboxylic acid groups (broad SMARTS) is 1. The van der Waals surface area contributed by atoms with Crippen molar-refractivity contribution < 1.29 is 36.2 Å². The van der Waals surface area contributed by atoms with Gasteiger partial charge in [-0.25, -0.2) is 18.0 Å². The monoisotopic (exact) mass is 356 g/mol. The Morgan fingerprint density at radius 2 is 1.79 bits per heavy atom. The number of halogens is 6. The number of hydrogen-bond acceptors (Lipinski definition) is 2. The van der Waals surface area contributed by atoms with E-state index in [1.165, 1.54) is 6.92 Å². The van der Waals surface area contributed by atoms with Crippen LogP contribution in [-0.2, 0) is 18.4 Å². The zero-order chi connectivity index (χ0) is 18.1. The summed E-state index contributed by atoms with van der Waals surface area (Å²) in [4.78, 5) is 11.3. The smallest absolute Gasteiger partial charge is 0.420 e. The standard InChI is InChI=1S/C14H14F6N2O2/c1-11(4-13(16,17)5-11)6-22-8(10(23)24)7(14(18,19)20)9(21-22)12(15)2-3-12/h2-6H2,1H3,(H,23,24). The zero-order valence-electron chi connectivity index (χ0n) is 12.6. The van der Waals surface area contributed by atoms with E-state index >= 15 is 0 Å². The highest BCUT2D eigenvalue weighted by Gasteiger charge is 2.57. The molecule has 24 heavy (non-hydrogen) atoms. The molecule has 2 aliphatic carbocycles. The Morgan fingerprint density at radius 1 is 1.25 bits per heavy atom. The van der Waals surface area contributed by atoms with Crippen molar-refractivity contribution >= 4 is 5.97 Å². The van der Waals surface area contributed by atoms with E-state index in [2.05, 4.69) is 5.10 Å². The van der Waals surface area contributed by atoms with Crippen LogP contribution in [0.15, 0.2) is 0 Å². The van der Waals surface area contributed by atoms with Crippen LogP contribution in [-0.4, -0.2) is 26.8 Å². The normalized spacial score (nSPS) is 23.6. The van der Waals surface area contributed by atoms with Gasteiger partial charge < -0.3 is 5.11 Å². The lowest BCUT2D eigenvalue weighted by Gasteiger charge is -2.44. The number of nitrogens with zero attached hydrogens (tertiary/aromatic N) is 2. The van der Waals surface area contributed by atoms with E-state index in [0.29, 0.717) is 4.68 Å². The summed E-state index contributed by atoms with van der Waals surface area (Å²) in [5, 5.41) is 12.7. The molecule has 4 nitrogen and oxygen atoms in total. The number of rotatable bonds is 4. The molecule has 1 aromatic rings. The average Bonchev–Trinajstić information content (AvgIpc) is 2.95. The second-order valence-corrected chi connectivity index (χ2v) is 7.02. The number of aromatic carboxylic acids is 1. The van der Waals surface area contributed by atoms with Gasteiger partial charge in [0.25, 0.3) is 0 Å². The van der Waals surface area contributed by atoms with Crippen molar-refractivity contribution in [1.29, 1.82) is 0 Å². The van der Waals surface area contributed by atoms with Crippen LogP contribution in [0.1, 0.15) is 54.4 Å². The van der Waals surface area contributed by atoms with Crippen LogP contribution < -0.4 is 0 Å². The number of carbonyl (C=O) groups is 1. The van der Waals surface area contributed by atoms with Crippen molar-refractivity contribution in [3.05, 3.63) is 17.0 Å². The van der Waals surface area contributed by atoms with Crippen molar-refractivity contribution in [2.45, 2.75) is 56.9 Å². The van der Waals surface area contributed by atoms with E-state index in [1.54, 1.807) is 0 Å². The summed E-state index contributed by atoms with van der Waals surface area (Å²) in [7, 11) is 0. The fourth-order valence-corrected chi connectivity index (χ4v) is 3.39. The molecule has 1 aromatic heterocycles. The highest BCUT2D eigenvalue weighted by Crippen LogP contribution is 2.55. The number of carboxylic acids is 1. The van der Waals surface area contributed by atoms with Crippen LogP contribution in [0.4, 0.5) is 26.3 Å². The molecule has 2 saturated carbocycles. The molecule has 0 amide bonds. The Balaban J connectivity index is 2.07. The molecule has 0 spiro atoms. The largest absolute Gasteiger partial charge is 0.477 e. The van der Waals surface area contributed by atoms with E-state index in [1.807, 2.05) is 0 Å². The topological polar surface area (TPSA) is 55.1 Å². The first-order valence-electron chi connectivity index (χ1n) is 7.25. The van der Waals surface area contributed by atoms with Gasteiger partial charge in [-0.3, -0.25) is 4.68 Å². The van der Waals surface area contributed by atoms with Crippen molar-refractivity contribution in [2.24, 2.45) is 5.41 Å². The predicted molar refractivity (Wildman–Crippen MR) is 68.5 cm³/mol. The Kier molecular flexibility index (Phi) is 3.32. The van der Waals surface area contributed by atoms with Gasteiger partial charge in [0.1, 0.15) is 11.3 Å². The van der Waals surface area contributed by atoms with Gasteiger partial charge in [0.2, 0.25) is 5.92 Å². The molecule has 1 N–H and O–H groups in total. The molecule has 0 aliphatic heterocycles. The lowest BCUT2D eigenvalue weighted by molar-refractivity contribution is -0.160. The van der Waals surface area contributed by atoms with E-state index < -0.39 is 65.5 Å². The third-order valence-electron chi connectivity index (χ3n) is 4.45. The van der Waals surface area contributed by atoms with Crippen molar-refractivity contribution in [1.82, 2.24) is 9.78 Å². The van der Waals surface area contributed by atoms with Crippen molar-refractivity contribution in [3.8, 4) is 0 Å². The van der Waals surface area contributed by atoms with Gasteiger partial charge in [0.15, 0.2) is 11.4 Å². The first-order chi connectivity index (χ1) is 10.8. The number of aromatic nitrogens is 2. The summed E-state index contributed by atoms with van der Waals surface area (Å²) in [5.74, 6) is -4.85. The molecule has 0 atom stereocenters. The minimum absolute atomic E-state index is 0.179. The third-order valence-corrected chi connectivity index (χ3v) is 4.45. The maximum Gasteiger partial charge on any atom is 0.420 e. The van der Waals surface area contributed by atoms with E-state index in [9.17, 15) is 31.1 Å². The number of alkyl halides is 6. The second-order valence-electron chi connectivity index (χ2n) is 7.02. The van der Waals surface area contributed by atoms with E-state index in [-0.39, 0.29) is 12.8 Å². The Morgan fingerprint density at radius 3 is 2.17 bits per heavy atom. The van der Waals surface area contributed by atoms with Crippen LogP contribution >= 0.6 is 0 Å². The Hall–Kier alpha value is -1.74. The minimum Gasteiger partial charge on any atom is -0.477 e. The molecule has 0 bridgehead atoms. The van der Waals surface area contributed by atoms with Crippen LogP contribution in [0.25, 0.3) is 0 Å². The molecule has 134 valence electrons. The minimum atomic E-state index is -5.10. The van der Waals surface area contributed by atoms with Crippen molar-refractivity contribution in [2.75, 3.05) is 0 Å². The molecule has 0 radical (unpaired) electrons. The molecule has 2 fully saturated rings. The third kappa shape index (κ3) is 2.75. The lowest BCUT2D eigenvalue weighted by atomic mass is 9.67. The van der Waals surface area contributed by atoms with Gasteiger partial charge in [0, 0.05) is 19.4 Å². The van der Waals surface area contributed by atoms with Crippen LogP contribution in [0.2, 0.25) is 0 Å². The van der Waals surface area contributed by atoms with E-state index in [0.717, 1.165) is 0 Å². The molecule has 0 saturated heterocycles. The molecular weight excluding hydrogens is 342 g/mol. The molecule has 0 unspecified atom stereocenters. The quantitative estimate of drug-likeness (QED) is 0.830. The summed E-state index contributed by atoms with van der Waals surface area (Å²) in [6, 6.07) is 0. The van der Waals surface area contributed by atoms with Crippen molar-refractivity contribution in [3.63, 3.8) is 0 Å². The fourth-order valence-electron chi connectivity index (χ4n) is 3.39. The molecule has 10 heteroatoms. The summed E-state index contributed by atoms with van der Waals surface area (Å²) >= 11 is 0. The maximum atomic E-state index is 14.2. The highest BCUT2D eigenvalue weighted by atomic mass is 19.4. The first kappa shape index (κ1) is 17.1. The summed E-state index contributed by atoms with van der Waals surface area (Å²) in [5.41, 5.74) is -7.16. The first-order valence-corrected chi connectivity index (χ1v) is 7.25. The summed E-state index contributed by atoms with van der Waals surface area (Å²) < 4.78 is 80.8. The summed E-state index contributed by atoms with van der Waals surface area (Å²) in [6.07, 6.45) is -6.64. The lowest BCUT2D eigenvalue weighted by Crippen LogP contribution is -2.47. The number of hydrogen-bond donors (Lipinski definition) is 1. The zero-order valence-corrected chi connectivity index (χ0v) is 12.6. The molecule has 1 heterocycles. The Bertz CT molecular complexity index is 697. The Labute approximate surface area is 132 Å². The van der Waals surface area contributed by atoms with Gasteiger partial charge in [-0.2, -0.15) is 18.3 Å². The van der Waals surface area contributed by atoms with Crippen LogP contribution in [0, 0.1) is 5.41 Å².